The van der Waals surface area contributed by atoms with E-state index in [-0.39, 0.29) is 47.5 Å². The predicted molar refractivity (Wildman–Crippen MR) is 108 cm³/mol. The van der Waals surface area contributed by atoms with E-state index in [1.165, 1.54) is 4.90 Å². The van der Waals surface area contributed by atoms with Crippen molar-refractivity contribution in [3.8, 4) is 11.5 Å². The third-order valence-electron chi connectivity index (χ3n) is 7.23. The van der Waals surface area contributed by atoms with Gasteiger partial charge in [-0.25, -0.2) is 0 Å². The fraction of sp³-hybridized carbons (Fsp3) is 0.591. The fourth-order valence-electron chi connectivity index (χ4n) is 6.02. The van der Waals surface area contributed by atoms with Crippen molar-refractivity contribution in [2.24, 2.45) is 34.7 Å². The molecule has 6 atom stereocenters. The summed E-state index contributed by atoms with van der Waals surface area (Å²) in [6.07, 6.45) is 0.669. The first-order chi connectivity index (χ1) is 14.5. The Hall–Kier alpha value is -2.61. The lowest BCUT2D eigenvalue weighted by atomic mass is 9.71. The zero-order chi connectivity index (χ0) is 21.2. The molecule has 1 saturated heterocycles. The zero-order valence-electron chi connectivity index (χ0n) is 17.7. The Labute approximate surface area is 175 Å². The van der Waals surface area contributed by atoms with E-state index >= 15 is 0 Å². The van der Waals surface area contributed by atoms with Crippen molar-refractivity contribution >= 4 is 17.5 Å². The van der Waals surface area contributed by atoms with Crippen LogP contribution in [0.25, 0.3) is 0 Å². The van der Waals surface area contributed by atoms with Gasteiger partial charge < -0.3 is 19.2 Å². The van der Waals surface area contributed by atoms with Gasteiger partial charge in [-0.05, 0) is 38.6 Å². The molecule has 30 heavy (non-hydrogen) atoms. The number of methoxy groups -OCH3 is 2. The van der Waals surface area contributed by atoms with Gasteiger partial charge in [0.2, 0.25) is 11.8 Å². The average Bonchev–Trinajstić information content (AvgIpc) is 3.46. The minimum absolute atomic E-state index is 0.0113. The molecule has 160 valence electrons. The number of carbonyl (C=O) groups is 2. The van der Waals surface area contributed by atoms with Crippen LogP contribution in [0.15, 0.2) is 23.4 Å². The van der Waals surface area contributed by atoms with Crippen LogP contribution in [0.2, 0.25) is 0 Å². The summed E-state index contributed by atoms with van der Waals surface area (Å²) in [6, 6.07) is 5.69. The van der Waals surface area contributed by atoms with Gasteiger partial charge >= 0.3 is 0 Å². The van der Waals surface area contributed by atoms with Gasteiger partial charge in [0.25, 0.3) is 0 Å². The van der Waals surface area contributed by atoms with Gasteiger partial charge in [-0.1, -0.05) is 11.2 Å². The number of likely N-dealkylation sites (tertiary alicyclic amines) is 1. The molecule has 1 aromatic carbocycles. The van der Waals surface area contributed by atoms with E-state index in [4.69, 9.17) is 14.3 Å². The number of likely N-dealkylation sites (N-methyl/N-ethyl adjacent to an activating group) is 1. The molecule has 8 nitrogen and oxygen atoms in total. The molecule has 0 radical (unpaired) electrons. The van der Waals surface area contributed by atoms with E-state index in [1.54, 1.807) is 14.2 Å². The lowest BCUT2D eigenvalue weighted by Gasteiger charge is -2.30. The number of imide groups is 1. The number of ether oxygens (including phenoxy) is 2. The van der Waals surface area contributed by atoms with Crippen molar-refractivity contribution in [3.63, 3.8) is 0 Å². The number of benzene rings is 1. The fourth-order valence-corrected chi connectivity index (χ4v) is 6.02. The number of hydrogen-bond donors (Lipinski definition) is 0. The molecule has 3 fully saturated rings. The van der Waals surface area contributed by atoms with E-state index in [2.05, 4.69) is 5.16 Å². The summed E-state index contributed by atoms with van der Waals surface area (Å²) in [5.74, 6) is 0.722. The quantitative estimate of drug-likeness (QED) is 0.653. The summed E-state index contributed by atoms with van der Waals surface area (Å²) >= 11 is 0. The number of rotatable bonds is 6. The van der Waals surface area contributed by atoms with Crippen LogP contribution >= 0.6 is 0 Å². The Morgan fingerprint density at radius 2 is 1.83 bits per heavy atom. The average molecular weight is 413 g/mol. The molecule has 2 amide bonds. The van der Waals surface area contributed by atoms with Crippen LogP contribution in [-0.2, 0) is 14.4 Å². The van der Waals surface area contributed by atoms with Crippen molar-refractivity contribution in [1.82, 2.24) is 9.80 Å². The Kier molecular flexibility index (Phi) is 4.50. The van der Waals surface area contributed by atoms with Crippen molar-refractivity contribution in [2.45, 2.75) is 12.5 Å². The predicted octanol–water partition coefficient (Wildman–Crippen LogP) is 1.24. The van der Waals surface area contributed by atoms with E-state index in [1.807, 2.05) is 37.2 Å². The first-order valence-electron chi connectivity index (χ1n) is 10.4. The van der Waals surface area contributed by atoms with Crippen LogP contribution in [0.4, 0.5) is 0 Å². The van der Waals surface area contributed by atoms with Gasteiger partial charge in [0.15, 0.2) is 11.5 Å². The molecule has 8 heteroatoms. The van der Waals surface area contributed by atoms with E-state index in [0.29, 0.717) is 24.6 Å². The Balaban J connectivity index is 1.46. The molecule has 2 heterocycles. The van der Waals surface area contributed by atoms with Crippen LogP contribution in [-0.4, -0.2) is 74.8 Å². The molecule has 1 aromatic rings. The molecule has 4 aliphatic rings. The van der Waals surface area contributed by atoms with Crippen molar-refractivity contribution in [2.75, 3.05) is 41.4 Å². The van der Waals surface area contributed by atoms with Gasteiger partial charge in [0.05, 0.1) is 31.8 Å². The molecule has 2 saturated carbocycles. The first kappa shape index (κ1) is 19.4. The summed E-state index contributed by atoms with van der Waals surface area (Å²) in [6.45, 7) is 1.11. The van der Waals surface area contributed by atoms with Gasteiger partial charge in [-0.15, -0.1) is 0 Å². The highest BCUT2D eigenvalue weighted by atomic mass is 16.6. The second-order valence-corrected chi connectivity index (χ2v) is 8.86. The number of para-hydroxylation sites is 1. The Bertz CT molecular complexity index is 929. The largest absolute Gasteiger partial charge is 0.493 e. The van der Waals surface area contributed by atoms with Crippen LogP contribution in [0.1, 0.15) is 12.0 Å². The number of hydrogen-bond acceptors (Lipinski definition) is 7. The minimum Gasteiger partial charge on any atom is -0.493 e. The molecule has 2 aliphatic heterocycles. The van der Waals surface area contributed by atoms with Crippen LogP contribution < -0.4 is 9.47 Å². The van der Waals surface area contributed by atoms with Gasteiger partial charge in [0, 0.05) is 30.5 Å². The second kappa shape index (κ2) is 6.97. The standard InChI is InChI=1S/C22H27N3O5/c1-24(2)8-9-25-21(26)15-12-10-13(16(15)22(25)27)20-17(12)18(23-30-20)11-6-5-7-14(28-3)19(11)29-4/h5-7,12-13,15-17,20H,8-10H2,1-4H3. The summed E-state index contributed by atoms with van der Waals surface area (Å²) in [4.78, 5) is 35.6. The van der Waals surface area contributed by atoms with Crippen LogP contribution in [0.5, 0.6) is 11.5 Å². The molecular formula is C22H27N3O5. The maximum atomic E-state index is 13.2. The third-order valence-corrected chi connectivity index (χ3v) is 7.23. The highest BCUT2D eigenvalue weighted by Crippen LogP contribution is 2.62. The number of carbonyl (C=O) groups excluding carboxylic acids is 2. The minimum atomic E-state index is -0.271. The summed E-state index contributed by atoms with van der Waals surface area (Å²) < 4.78 is 11.0. The molecule has 5 rings (SSSR count). The third kappa shape index (κ3) is 2.52. The van der Waals surface area contributed by atoms with Crippen molar-refractivity contribution in [3.05, 3.63) is 23.8 Å². The number of nitrogens with zero attached hydrogens (tertiary/aromatic N) is 3. The second-order valence-electron chi connectivity index (χ2n) is 8.86. The van der Waals surface area contributed by atoms with Gasteiger partial charge in [0.1, 0.15) is 6.10 Å². The normalized spacial score (nSPS) is 33.6. The monoisotopic (exact) mass is 413 g/mol. The van der Waals surface area contributed by atoms with Gasteiger partial charge in [-0.2, -0.15) is 0 Å². The Morgan fingerprint density at radius 1 is 1.10 bits per heavy atom. The summed E-state index contributed by atoms with van der Waals surface area (Å²) in [7, 11) is 7.09. The number of oxime groups is 1. The maximum Gasteiger partial charge on any atom is 0.233 e. The molecule has 6 unspecified atom stereocenters. The number of fused-ring (bicyclic) bond motifs is 8. The summed E-state index contributed by atoms with van der Waals surface area (Å²) in [5, 5.41) is 4.41. The summed E-state index contributed by atoms with van der Waals surface area (Å²) in [5.41, 5.74) is 1.63. The molecular weight excluding hydrogens is 386 g/mol. The highest BCUT2D eigenvalue weighted by molar-refractivity contribution is 6.10. The molecule has 0 aromatic heterocycles. The highest BCUT2D eigenvalue weighted by Gasteiger charge is 2.70. The zero-order valence-corrected chi connectivity index (χ0v) is 17.7. The first-order valence-corrected chi connectivity index (χ1v) is 10.4. The van der Waals surface area contributed by atoms with E-state index in [9.17, 15) is 9.59 Å². The van der Waals surface area contributed by atoms with Crippen molar-refractivity contribution in [1.29, 1.82) is 0 Å². The Morgan fingerprint density at radius 3 is 2.50 bits per heavy atom. The van der Waals surface area contributed by atoms with Crippen molar-refractivity contribution < 1.29 is 23.9 Å². The number of amides is 2. The smallest absolute Gasteiger partial charge is 0.233 e. The lowest BCUT2D eigenvalue weighted by molar-refractivity contribution is -0.141. The molecule has 2 bridgehead atoms. The molecule has 0 spiro atoms. The topological polar surface area (TPSA) is 80.7 Å². The lowest BCUT2D eigenvalue weighted by Crippen LogP contribution is -2.41. The molecule has 2 aliphatic carbocycles. The molecule has 0 N–H and O–H groups in total. The SMILES string of the molecule is COc1cccc(C2=NOC3C4CC(C23)C2C(=O)N(CCN(C)C)C(=O)C42)c1OC. The van der Waals surface area contributed by atoms with Gasteiger partial charge in [-0.3, -0.25) is 14.5 Å². The van der Waals surface area contributed by atoms with Crippen LogP contribution in [0, 0.1) is 29.6 Å². The van der Waals surface area contributed by atoms with E-state index < -0.39 is 0 Å². The maximum absolute atomic E-state index is 13.2. The van der Waals surface area contributed by atoms with E-state index in [0.717, 1.165) is 17.7 Å². The van der Waals surface area contributed by atoms with Crippen LogP contribution in [0.3, 0.4) is 0 Å².